The number of aromatic nitrogens is 4. The van der Waals surface area contributed by atoms with Crippen molar-refractivity contribution in [1.29, 1.82) is 0 Å². The van der Waals surface area contributed by atoms with Gasteiger partial charge in [-0.15, -0.1) is 5.10 Å². The van der Waals surface area contributed by atoms with Gasteiger partial charge in [0.15, 0.2) is 5.82 Å². The predicted molar refractivity (Wildman–Crippen MR) is 72.3 cm³/mol. The number of benzene rings is 1. The number of rotatable bonds is 6. The molecule has 0 aliphatic heterocycles. The van der Waals surface area contributed by atoms with Crippen LogP contribution in [-0.2, 0) is 6.54 Å². The molecule has 1 aromatic carbocycles. The molecule has 6 heteroatoms. The minimum Gasteiger partial charge on any atom is -0.491 e. The molecule has 0 radical (unpaired) electrons. The molecule has 0 aliphatic rings. The van der Waals surface area contributed by atoms with Gasteiger partial charge in [0.05, 0.1) is 18.3 Å². The number of ether oxygens (including phenoxy) is 1. The van der Waals surface area contributed by atoms with Crippen molar-refractivity contribution in [2.75, 3.05) is 6.54 Å². The van der Waals surface area contributed by atoms with Crippen molar-refractivity contribution in [1.82, 2.24) is 25.5 Å². The van der Waals surface area contributed by atoms with Crippen LogP contribution in [-0.4, -0.2) is 32.9 Å². The molecule has 0 spiro atoms. The van der Waals surface area contributed by atoms with E-state index in [9.17, 15) is 0 Å². The Morgan fingerprint density at radius 2 is 2.00 bits per heavy atom. The van der Waals surface area contributed by atoms with Gasteiger partial charge in [0.1, 0.15) is 5.75 Å². The number of nitrogens with zero attached hydrogens (tertiary/aromatic N) is 4. The van der Waals surface area contributed by atoms with Crippen molar-refractivity contribution < 1.29 is 4.74 Å². The number of hydrogen-bond donors (Lipinski definition) is 1. The second kappa shape index (κ2) is 6.29. The summed E-state index contributed by atoms with van der Waals surface area (Å²) in [4.78, 5) is 0. The van der Waals surface area contributed by atoms with Gasteiger partial charge in [-0.25, -0.2) is 0 Å². The molecule has 0 atom stereocenters. The van der Waals surface area contributed by atoms with E-state index in [1.807, 2.05) is 45.0 Å². The molecule has 1 aromatic heterocycles. The van der Waals surface area contributed by atoms with E-state index >= 15 is 0 Å². The van der Waals surface area contributed by atoms with E-state index in [1.54, 1.807) is 4.68 Å². The van der Waals surface area contributed by atoms with E-state index in [1.165, 1.54) is 0 Å². The first kappa shape index (κ1) is 13.5. The lowest BCUT2D eigenvalue weighted by atomic mass is 10.3. The predicted octanol–water partition coefficient (Wildman–Crippen LogP) is 1.56. The highest BCUT2D eigenvalue weighted by Gasteiger charge is 2.07. The van der Waals surface area contributed by atoms with Gasteiger partial charge < -0.3 is 10.1 Å². The van der Waals surface area contributed by atoms with Crippen LogP contribution in [0.25, 0.3) is 5.69 Å². The maximum atomic E-state index is 5.61. The quantitative estimate of drug-likeness (QED) is 0.855. The zero-order valence-electron chi connectivity index (χ0n) is 11.5. The van der Waals surface area contributed by atoms with E-state index in [-0.39, 0.29) is 6.10 Å². The van der Waals surface area contributed by atoms with Crippen LogP contribution in [0.15, 0.2) is 24.3 Å². The fourth-order valence-electron chi connectivity index (χ4n) is 1.69. The maximum Gasteiger partial charge on any atom is 0.170 e. The van der Waals surface area contributed by atoms with Crippen molar-refractivity contribution in [2.45, 2.75) is 33.4 Å². The molecule has 0 saturated heterocycles. The summed E-state index contributed by atoms with van der Waals surface area (Å²) in [5.74, 6) is 1.64. The van der Waals surface area contributed by atoms with Crippen LogP contribution in [0, 0.1) is 0 Å². The van der Waals surface area contributed by atoms with Crippen molar-refractivity contribution in [3.8, 4) is 11.4 Å². The SMILES string of the molecule is CCNCc1nnnn1-c1ccc(OC(C)C)cc1. The van der Waals surface area contributed by atoms with Crippen LogP contribution in [0.3, 0.4) is 0 Å². The van der Waals surface area contributed by atoms with Gasteiger partial charge in [-0.3, -0.25) is 0 Å². The number of tetrazole rings is 1. The molecule has 1 heterocycles. The summed E-state index contributed by atoms with van der Waals surface area (Å²) < 4.78 is 7.33. The Morgan fingerprint density at radius 3 is 2.63 bits per heavy atom. The molecule has 102 valence electrons. The van der Waals surface area contributed by atoms with Crippen LogP contribution in [0.4, 0.5) is 0 Å². The topological polar surface area (TPSA) is 64.9 Å². The van der Waals surface area contributed by atoms with Crippen molar-refractivity contribution in [2.24, 2.45) is 0 Å². The van der Waals surface area contributed by atoms with Crippen LogP contribution >= 0.6 is 0 Å². The van der Waals surface area contributed by atoms with Gasteiger partial charge in [-0.05, 0) is 55.1 Å². The standard InChI is InChI=1S/C13H19N5O/c1-4-14-9-13-15-16-17-18(13)11-5-7-12(8-6-11)19-10(2)3/h5-8,10,14H,4,9H2,1-3H3. The highest BCUT2D eigenvalue weighted by atomic mass is 16.5. The summed E-state index contributed by atoms with van der Waals surface area (Å²) >= 11 is 0. The van der Waals surface area contributed by atoms with E-state index in [0.717, 1.165) is 23.8 Å². The largest absolute Gasteiger partial charge is 0.491 e. The molecule has 1 N–H and O–H groups in total. The first-order chi connectivity index (χ1) is 9.20. The fourth-order valence-corrected chi connectivity index (χ4v) is 1.69. The Labute approximate surface area is 112 Å². The summed E-state index contributed by atoms with van der Waals surface area (Å²) in [7, 11) is 0. The minimum atomic E-state index is 0.170. The van der Waals surface area contributed by atoms with Crippen molar-refractivity contribution in [3.63, 3.8) is 0 Å². The average Bonchev–Trinajstić information content (AvgIpc) is 2.85. The van der Waals surface area contributed by atoms with Crippen LogP contribution in [0.1, 0.15) is 26.6 Å². The zero-order valence-corrected chi connectivity index (χ0v) is 11.5. The van der Waals surface area contributed by atoms with Crippen molar-refractivity contribution >= 4 is 0 Å². The molecule has 6 nitrogen and oxygen atoms in total. The first-order valence-electron chi connectivity index (χ1n) is 6.45. The lowest BCUT2D eigenvalue weighted by Gasteiger charge is -2.10. The normalized spacial score (nSPS) is 10.9. The zero-order chi connectivity index (χ0) is 13.7. The number of hydrogen-bond acceptors (Lipinski definition) is 5. The Morgan fingerprint density at radius 1 is 1.26 bits per heavy atom. The molecule has 19 heavy (non-hydrogen) atoms. The molecule has 2 aromatic rings. The third-order valence-corrected chi connectivity index (χ3v) is 2.52. The monoisotopic (exact) mass is 261 g/mol. The Balaban J connectivity index is 2.15. The lowest BCUT2D eigenvalue weighted by Crippen LogP contribution is -2.16. The van der Waals surface area contributed by atoms with E-state index in [2.05, 4.69) is 20.8 Å². The summed E-state index contributed by atoms with van der Waals surface area (Å²) in [5.41, 5.74) is 0.925. The fraction of sp³-hybridized carbons (Fsp3) is 0.462. The van der Waals surface area contributed by atoms with Gasteiger partial charge in [-0.2, -0.15) is 4.68 Å². The molecule has 0 saturated carbocycles. The van der Waals surface area contributed by atoms with Gasteiger partial charge >= 0.3 is 0 Å². The molecule has 0 bridgehead atoms. The van der Waals surface area contributed by atoms with Crippen LogP contribution in [0.5, 0.6) is 5.75 Å². The summed E-state index contributed by atoms with van der Waals surface area (Å²) in [6.07, 6.45) is 0.170. The van der Waals surface area contributed by atoms with Gasteiger partial charge in [-0.1, -0.05) is 6.92 Å². The molecule has 0 amide bonds. The first-order valence-corrected chi connectivity index (χ1v) is 6.45. The molecule has 0 unspecified atom stereocenters. The third kappa shape index (κ3) is 3.51. The Hall–Kier alpha value is -1.95. The van der Waals surface area contributed by atoms with E-state index in [4.69, 9.17) is 4.74 Å². The summed E-state index contributed by atoms with van der Waals surface area (Å²) in [5, 5.41) is 14.9. The van der Waals surface area contributed by atoms with Gasteiger partial charge in [0, 0.05) is 0 Å². The maximum absolute atomic E-state index is 5.61. The van der Waals surface area contributed by atoms with E-state index in [0.29, 0.717) is 6.54 Å². The summed E-state index contributed by atoms with van der Waals surface area (Å²) in [6.45, 7) is 7.58. The molecular formula is C13H19N5O. The van der Waals surface area contributed by atoms with Crippen molar-refractivity contribution in [3.05, 3.63) is 30.1 Å². The Bertz CT molecular complexity index is 506. The lowest BCUT2D eigenvalue weighted by molar-refractivity contribution is 0.242. The molecule has 0 fully saturated rings. The average molecular weight is 261 g/mol. The van der Waals surface area contributed by atoms with Crippen LogP contribution in [0.2, 0.25) is 0 Å². The van der Waals surface area contributed by atoms with Gasteiger partial charge in [0.25, 0.3) is 0 Å². The van der Waals surface area contributed by atoms with E-state index < -0.39 is 0 Å². The summed E-state index contributed by atoms with van der Waals surface area (Å²) in [6, 6.07) is 7.75. The second-order valence-electron chi connectivity index (χ2n) is 4.45. The molecular weight excluding hydrogens is 242 g/mol. The van der Waals surface area contributed by atoms with Crippen LogP contribution < -0.4 is 10.1 Å². The highest BCUT2D eigenvalue weighted by Crippen LogP contribution is 2.16. The third-order valence-electron chi connectivity index (χ3n) is 2.52. The molecule has 0 aliphatic carbocycles. The molecule has 2 rings (SSSR count). The highest BCUT2D eigenvalue weighted by molar-refractivity contribution is 5.37. The number of nitrogens with one attached hydrogen (secondary N) is 1. The minimum absolute atomic E-state index is 0.170. The smallest absolute Gasteiger partial charge is 0.170 e. The second-order valence-corrected chi connectivity index (χ2v) is 4.45. The van der Waals surface area contributed by atoms with Gasteiger partial charge in [0.2, 0.25) is 0 Å². The Kier molecular flexibility index (Phi) is 4.46.